The Balaban J connectivity index is 2.74. The molecular weight excluding hydrogens is 210 g/mol. The molecule has 0 bridgehead atoms. The molecule has 0 saturated heterocycles. The fourth-order valence-electron chi connectivity index (χ4n) is 1.68. The molecule has 1 rings (SSSR count). The molecular formula is C15H25NO. The maximum absolute atomic E-state index is 5.79. The third kappa shape index (κ3) is 3.74. The summed E-state index contributed by atoms with van der Waals surface area (Å²) < 4.78 is 5.79. The summed E-state index contributed by atoms with van der Waals surface area (Å²) in [6, 6.07) is 8.40. The monoisotopic (exact) mass is 235 g/mol. The first kappa shape index (κ1) is 14.0. The summed E-state index contributed by atoms with van der Waals surface area (Å²) in [6.07, 6.45) is 2.20. The van der Waals surface area contributed by atoms with E-state index in [0.717, 1.165) is 18.6 Å². The minimum Gasteiger partial charge on any atom is -0.489 e. The minimum absolute atomic E-state index is 0.125. The maximum Gasteiger partial charge on any atom is 0.119 e. The van der Waals surface area contributed by atoms with Crippen LogP contribution >= 0.6 is 0 Å². The lowest BCUT2D eigenvalue weighted by Gasteiger charge is -2.24. The molecule has 1 aromatic rings. The van der Waals surface area contributed by atoms with Crippen LogP contribution in [-0.4, -0.2) is 12.6 Å². The maximum atomic E-state index is 5.79. The molecule has 1 unspecified atom stereocenters. The lowest BCUT2D eigenvalue weighted by molar-refractivity contribution is 0.205. The predicted octanol–water partition coefficient (Wildman–Crippen LogP) is 3.49. The van der Waals surface area contributed by atoms with E-state index in [2.05, 4.69) is 39.8 Å². The summed E-state index contributed by atoms with van der Waals surface area (Å²) >= 11 is 0. The smallest absolute Gasteiger partial charge is 0.119 e. The Morgan fingerprint density at radius 1 is 1.18 bits per heavy atom. The normalized spacial score (nSPS) is 13.5. The summed E-state index contributed by atoms with van der Waals surface area (Å²) in [6.45, 7) is 9.39. The molecule has 0 amide bonds. The Kier molecular flexibility index (Phi) is 5.01. The Bertz CT molecular complexity index is 325. The second kappa shape index (κ2) is 6.06. The molecule has 2 heteroatoms. The van der Waals surface area contributed by atoms with E-state index in [9.17, 15) is 0 Å². The standard InChI is InChI=1S/C15H25NO/c1-5-13(11-16)17-14-9-7-12(8-10-14)15(3,4)6-2/h7-10,13H,5-6,11,16H2,1-4H3. The molecule has 0 fully saturated rings. The lowest BCUT2D eigenvalue weighted by atomic mass is 9.82. The Morgan fingerprint density at radius 3 is 2.18 bits per heavy atom. The van der Waals surface area contributed by atoms with E-state index in [1.807, 2.05) is 12.1 Å². The van der Waals surface area contributed by atoms with Crippen LogP contribution in [0.5, 0.6) is 5.75 Å². The SMILES string of the molecule is CCC(CN)Oc1ccc(C(C)(C)CC)cc1. The van der Waals surface area contributed by atoms with Gasteiger partial charge in [-0.15, -0.1) is 0 Å². The van der Waals surface area contributed by atoms with Gasteiger partial charge in [-0.1, -0.05) is 39.8 Å². The van der Waals surface area contributed by atoms with Crippen LogP contribution in [-0.2, 0) is 5.41 Å². The molecule has 17 heavy (non-hydrogen) atoms. The highest BCUT2D eigenvalue weighted by molar-refractivity contribution is 5.31. The molecule has 1 aromatic carbocycles. The zero-order chi connectivity index (χ0) is 12.9. The van der Waals surface area contributed by atoms with E-state index in [1.165, 1.54) is 5.56 Å². The van der Waals surface area contributed by atoms with Gasteiger partial charge < -0.3 is 10.5 Å². The summed E-state index contributed by atoms with van der Waals surface area (Å²) in [5.74, 6) is 0.915. The van der Waals surface area contributed by atoms with E-state index in [0.29, 0.717) is 6.54 Å². The summed E-state index contributed by atoms with van der Waals surface area (Å²) in [5, 5.41) is 0. The zero-order valence-corrected chi connectivity index (χ0v) is 11.5. The number of benzene rings is 1. The van der Waals surface area contributed by atoms with E-state index < -0.39 is 0 Å². The van der Waals surface area contributed by atoms with E-state index in [-0.39, 0.29) is 11.5 Å². The second-order valence-corrected chi connectivity index (χ2v) is 5.15. The average molecular weight is 235 g/mol. The molecule has 0 spiro atoms. The van der Waals surface area contributed by atoms with Gasteiger partial charge in [0.25, 0.3) is 0 Å². The van der Waals surface area contributed by atoms with Gasteiger partial charge in [-0.2, -0.15) is 0 Å². The van der Waals surface area contributed by atoms with E-state index in [4.69, 9.17) is 10.5 Å². The van der Waals surface area contributed by atoms with Crippen molar-refractivity contribution in [1.82, 2.24) is 0 Å². The summed E-state index contributed by atoms with van der Waals surface area (Å²) in [7, 11) is 0. The van der Waals surface area contributed by atoms with Crippen LogP contribution in [0.25, 0.3) is 0 Å². The van der Waals surface area contributed by atoms with Crippen molar-refractivity contribution < 1.29 is 4.74 Å². The molecule has 1 atom stereocenters. The lowest BCUT2D eigenvalue weighted by Crippen LogP contribution is -2.25. The topological polar surface area (TPSA) is 35.2 Å². The van der Waals surface area contributed by atoms with Crippen molar-refractivity contribution in [2.45, 2.75) is 52.1 Å². The quantitative estimate of drug-likeness (QED) is 0.819. The number of hydrogen-bond acceptors (Lipinski definition) is 2. The van der Waals surface area contributed by atoms with Crippen molar-refractivity contribution in [3.8, 4) is 5.75 Å². The molecule has 0 aromatic heterocycles. The van der Waals surface area contributed by atoms with Crippen LogP contribution in [0.15, 0.2) is 24.3 Å². The Morgan fingerprint density at radius 2 is 1.76 bits per heavy atom. The molecule has 0 aliphatic rings. The largest absolute Gasteiger partial charge is 0.489 e. The minimum atomic E-state index is 0.125. The number of rotatable bonds is 6. The van der Waals surface area contributed by atoms with Gasteiger partial charge in [0.2, 0.25) is 0 Å². The molecule has 0 heterocycles. The fourth-order valence-corrected chi connectivity index (χ4v) is 1.68. The fraction of sp³-hybridized carbons (Fsp3) is 0.600. The number of hydrogen-bond donors (Lipinski definition) is 1. The van der Waals surface area contributed by atoms with Crippen LogP contribution in [0.1, 0.15) is 46.1 Å². The second-order valence-electron chi connectivity index (χ2n) is 5.15. The van der Waals surface area contributed by atoms with Gasteiger partial charge in [-0.3, -0.25) is 0 Å². The van der Waals surface area contributed by atoms with Crippen LogP contribution in [0.3, 0.4) is 0 Å². The Hall–Kier alpha value is -1.02. The van der Waals surface area contributed by atoms with Crippen molar-refractivity contribution in [3.05, 3.63) is 29.8 Å². The van der Waals surface area contributed by atoms with Crippen molar-refractivity contribution in [3.63, 3.8) is 0 Å². The molecule has 0 aliphatic heterocycles. The summed E-state index contributed by atoms with van der Waals surface area (Å²) in [4.78, 5) is 0. The van der Waals surface area contributed by atoms with Gasteiger partial charge in [-0.05, 0) is 36.0 Å². The van der Waals surface area contributed by atoms with Gasteiger partial charge in [0, 0.05) is 6.54 Å². The Labute approximate surface area is 105 Å². The third-order valence-corrected chi connectivity index (χ3v) is 3.54. The van der Waals surface area contributed by atoms with Gasteiger partial charge >= 0.3 is 0 Å². The van der Waals surface area contributed by atoms with Crippen LogP contribution in [0.4, 0.5) is 0 Å². The highest BCUT2D eigenvalue weighted by Gasteiger charge is 2.17. The van der Waals surface area contributed by atoms with Crippen molar-refractivity contribution >= 4 is 0 Å². The molecule has 0 saturated carbocycles. The molecule has 96 valence electrons. The number of ether oxygens (including phenoxy) is 1. The molecule has 2 N–H and O–H groups in total. The van der Waals surface area contributed by atoms with Gasteiger partial charge in [0.05, 0.1) is 0 Å². The van der Waals surface area contributed by atoms with Crippen molar-refractivity contribution in [2.75, 3.05) is 6.54 Å². The van der Waals surface area contributed by atoms with E-state index >= 15 is 0 Å². The van der Waals surface area contributed by atoms with Crippen molar-refractivity contribution in [1.29, 1.82) is 0 Å². The first-order chi connectivity index (χ1) is 8.03. The average Bonchev–Trinajstić information content (AvgIpc) is 2.36. The first-order valence-electron chi connectivity index (χ1n) is 6.50. The molecule has 0 radical (unpaired) electrons. The zero-order valence-electron chi connectivity index (χ0n) is 11.5. The van der Waals surface area contributed by atoms with Crippen LogP contribution < -0.4 is 10.5 Å². The number of nitrogens with two attached hydrogens (primary N) is 1. The third-order valence-electron chi connectivity index (χ3n) is 3.54. The van der Waals surface area contributed by atoms with Gasteiger partial charge in [0.15, 0.2) is 0 Å². The predicted molar refractivity (Wildman–Crippen MR) is 73.5 cm³/mol. The highest BCUT2D eigenvalue weighted by atomic mass is 16.5. The first-order valence-corrected chi connectivity index (χ1v) is 6.50. The highest BCUT2D eigenvalue weighted by Crippen LogP contribution is 2.28. The molecule has 0 aliphatic carbocycles. The van der Waals surface area contributed by atoms with Gasteiger partial charge in [-0.25, -0.2) is 0 Å². The van der Waals surface area contributed by atoms with Crippen LogP contribution in [0.2, 0.25) is 0 Å². The van der Waals surface area contributed by atoms with E-state index in [1.54, 1.807) is 0 Å². The van der Waals surface area contributed by atoms with Crippen molar-refractivity contribution in [2.24, 2.45) is 5.73 Å². The van der Waals surface area contributed by atoms with Crippen LogP contribution in [0, 0.1) is 0 Å². The van der Waals surface area contributed by atoms with Gasteiger partial charge in [0.1, 0.15) is 11.9 Å². The molecule has 2 nitrogen and oxygen atoms in total. The summed E-state index contributed by atoms with van der Waals surface area (Å²) in [5.41, 5.74) is 7.21.